The summed E-state index contributed by atoms with van der Waals surface area (Å²) < 4.78 is 10.5. The monoisotopic (exact) mass is 273 g/mol. The lowest BCUT2D eigenvalue weighted by atomic mass is 9.98. The number of ether oxygens (including phenoxy) is 2. The summed E-state index contributed by atoms with van der Waals surface area (Å²) in [5, 5.41) is 3.25. The third-order valence-electron chi connectivity index (χ3n) is 3.29. The molecule has 0 rings (SSSR count). The number of hydrogen-bond acceptors (Lipinski definition) is 4. The number of rotatable bonds is 12. The number of carbonyl (C=O) groups is 1. The van der Waals surface area contributed by atoms with Crippen LogP contribution in [0.1, 0.15) is 59.3 Å². The lowest BCUT2D eigenvalue weighted by molar-refractivity contribution is -0.148. The first kappa shape index (κ1) is 18.4. The zero-order chi connectivity index (χ0) is 14.6. The SMILES string of the molecule is CCCCCCOCCC(C)(NCCC)C(=O)OC. The third kappa shape index (κ3) is 8.22. The molecule has 0 amide bonds. The van der Waals surface area contributed by atoms with E-state index in [0.717, 1.165) is 26.0 Å². The molecular formula is C15H31NO3. The van der Waals surface area contributed by atoms with E-state index < -0.39 is 5.54 Å². The van der Waals surface area contributed by atoms with E-state index in [4.69, 9.17) is 9.47 Å². The number of methoxy groups -OCH3 is 1. The minimum Gasteiger partial charge on any atom is -0.468 e. The third-order valence-corrected chi connectivity index (χ3v) is 3.29. The van der Waals surface area contributed by atoms with Crippen LogP contribution in [-0.4, -0.2) is 38.4 Å². The Morgan fingerprint density at radius 3 is 2.42 bits per heavy atom. The van der Waals surface area contributed by atoms with Gasteiger partial charge in [-0.05, 0) is 32.7 Å². The van der Waals surface area contributed by atoms with Gasteiger partial charge in [0.1, 0.15) is 5.54 Å². The molecular weight excluding hydrogens is 242 g/mol. The van der Waals surface area contributed by atoms with E-state index in [1.54, 1.807) is 0 Å². The van der Waals surface area contributed by atoms with Crippen molar-refractivity contribution in [2.24, 2.45) is 0 Å². The Balaban J connectivity index is 3.89. The fourth-order valence-electron chi connectivity index (χ4n) is 1.90. The molecule has 0 radical (unpaired) electrons. The van der Waals surface area contributed by atoms with Crippen molar-refractivity contribution in [3.8, 4) is 0 Å². The number of hydrogen-bond donors (Lipinski definition) is 1. The summed E-state index contributed by atoms with van der Waals surface area (Å²) in [6.07, 6.45) is 6.46. The first-order valence-corrected chi connectivity index (χ1v) is 7.52. The predicted molar refractivity (Wildman–Crippen MR) is 78.3 cm³/mol. The highest BCUT2D eigenvalue weighted by molar-refractivity contribution is 5.80. The number of esters is 1. The summed E-state index contributed by atoms with van der Waals surface area (Å²) in [6, 6.07) is 0. The van der Waals surface area contributed by atoms with Crippen LogP contribution in [0.2, 0.25) is 0 Å². The van der Waals surface area contributed by atoms with E-state index in [2.05, 4.69) is 19.2 Å². The topological polar surface area (TPSA) is 47.6 Å². The van der Waals surface area contributed by atoms with Crippen molar-refractivity contribution < 1.29 is 14.3 Å². The summed E-state index contributed by atoms with van der Waals surface area (Å²) in [4.78, 5) is 11.8. The molecule has 0 saturated heterocycles. The normalized spacial score (nSPS) is 14.1. The molecule has 0 aromatic carbocycles. The lowest BCUT2D eigenvalue weighted by Crippen LogP contribution is -2.51. The molecule has 4 nitrogen and oxygen atoms in total. The zero-order valence-corrected chi connectivity index (χ0v) is 13.1. The van der Waals surface area contributed by atoms with Gasteiger partial charge in [0.25, 0.3) is 0 Å². The molecule has 0 fully saturated rings. The Kier molecular flexibility index (Phi) is 10.9. The Bertz CT molecular complexity index is 233. The lowest BCUT2D eigenvalue weighted by Gasteiger charge is -2.27. The van der Waals surface area contributed by atoms with Crippen LogP contribution in [0.25, 0.3) is 0 Å². The molecule has 0 spiro atoms. The fraction of sp³-hybridized carbons (Fsp3) is 0.933. The quantitative estimate of drug-likeness (QED) is 0.439. The Labute approximate surface area is 118 Å². The summed E-state index contributed by atoms with van der Waals surface area (Å²) in [7, 11) is 1.43. The summed E-state index contributed by atoms with van der Waals surface area (Å²) in [6.45, 7) is 8.34. The molecule has 1 N–H and O–H groups in total. The highest BCUT2D eigenvalue weighted by atomic mass is 16.5. The van der Waals surface area contributed by atoms with Gasteiger partial charge in [-0.3, -0.25) is 4.79 Å². The van der Waals surface area contributed by atoms with Crippen LogP contribution in [0.15, 0.2) is 0 Å². The van der Waals surface area contributed by atoms with E-state index in [0.29, 0.717) is 13.0 Å². The smallest absolute Gasteiger partial charge is 0.325 e. The van der Waals surface area contributed by atoms with Crippen molar-refractivity contribution >= 4 is 5.97 Å². The predicted octanol–water partition coefficient (Wildman–Crippen LogP) is 2.90. The summed E-state index contributed by atoms with van der Waals surface area (Å²) in [5.74, 6) is -0.212. The molecule has 0 bridgehead atoms. The first-order valence-electron chi connectivity index (χ1n) is 7.52. The molecule has 0 aliphatic heterocycles. The van der Waals surface area contributed by atoms with Gasteiger partial charge in [0.05, 0.1) is 7.11 Å². The average molecular weight is 273 g/mol. The van der Waals surface area contributed by atoms with Gasteiger partial charge in [0.15, 0.2) is 0 Å². The van der Waals surface area contributed by atoms with Crippen LogP contribution in [0.5, 0.6) is 0 Å². The van der Waals surface area contributed by atoms with Crippen LogP contribution < -0.4 is 5.32 Å². The van der Waals surface area contributed by atoms with Crippen molar-refractivity contribution in [1.82, 2.24) is 5.32 Å². The first-order chi connectivity index (χ1) is 9.10. The van der Waals surface area contributed by atoms with Gasteiger partial charge < -0.3 is 14.8 Å². The molecule has 1 unspecified atom stereocenters. The van der Waals surface area contributed by atoms with Crippen LogP contribution in [0.3, 0.4) is 0 Å². The van der Waals surface area contributed by atoms with Crippen LogP contribution in [-0.2, 0) is 14.3 Å². The van der Waals surface area contributed by atoms with Crippen molar-refractivity contribution in [3.05, 3.63) is 0 Å². The maximum atomic E-state index is 11.8. The maximum Gasteiger partial charge on any atom is 0.325 e. The van der Waals surface area contributed by atoms with Gasteiger partial charge in [0, 0.05) is 13.2 Å². The van der Waals surface area contributed by atoms with Crippen molar-refractivity contribution in [2.45, 2.75) is 64.8 Å². The van der Waals surface area contributed by atoms with Crippen LogP contribution in [0.4, 0.5) is 0 Å². The van der Waals surface area contributed by atoms with Gasteiger partial charge >= 0.3 is 5.97 Å². The van der Waals surface area contributed by atoms with Gasteiger partial charge in [-0.2, -0.15) is 0 Å². The standard InChI is InChI=1S/C15H31NO3/c1-5-7-8-9-12-19-13-10-15(3,14(17)18-4)16-11-6-2/h16H,5-13H2,1-4H3. The number of carbonyl (C=O) groups excluding carboxylic acids is 1. The molecule has 4 heteroatoms. The molecule has 0 saturated carbocycles. The van der Waals surface area contributed by atoms with E-state index in [1.807, 2.05) is 6.92 Å². The molecule has 19 heavy (non-hydrogen) atoms. The fourth-order valence-corrected chi connectivity index (χ4v) is 1.90. The average Bonchev–Trinajstić information content (AvgIpc) is 2.43. The highest BCUT2D eigenvalue weighted by Gasteiger charge is 2.33. The second-order valence-corrected chi connectivity index (χ2v) is 5.17. The van der Waals surface area contributed by atoms with Crippen molar-refractivity contribution in [3.63, 3.8) is 0 Å². The number of unbranched alkanes of at least 4 members (excludes halogenated alkanes) is 3. The molecule has 0 aromatic rings. The molecule has 114 valence electrons. The van der Waals surface area contributed by atoms with Gasteiger partial charge in [0.2, 0.25) is 0 Å². The second-order valence-electron chi connectivity index (χ2n) is 5.17. The van der Waals surface area contributed by atoms with Crippen molar-refractivity contribution in [2.75, 3.05) is 26.9 Å². The van der Waals surface area contributed by atoms with E-state index in [1.165, 1.54) is 26.4 Å². The Morgan fingerprint density at radius 1 is 1.11 bits per heavy atom. The summed E-state index contributed by atoms with van der Waals surface area (Å²) in [5.41, 5.74) is -0.631. The molecule has 0 heterocycles. The van der Waals surface area contributed by atoms with Gasteiger partial charge in [-0.25, -0.2) is 0 Å². The Morgan fingerprint density at radius 2 is 1.84 bits per heavy atom. The van der Waals surface area contributed by atoms with Crippen LogP contribution >= 0.6 is 0 Å². The Hall–Kier alpha value is -0.610. The van der Waals surface area contributed by atoms with E-state index in [-0.39, 0.29) is 5.97 Å². The van der Waals surface area contributed by atoms with E-state index >= 15 is 0 Å². The minimum absolute atomic E-state index is 0.212. The minimum atomic E-state index is -0.631. The molecule has 0 aliphatic rings. The van der Waals surface area contributed by atoms with Crippen molar-refractivity contribution in [1.29, 1.82) is 0 Å². The molecule has 0 aromatic heterocycles. The van der Waals surface area contributed by atoms with Gasteiger partial charge in [-0.1, -0.05) is 33.1 Å². The largest absolute Gasteiger partial charge is 0.468 e. The zero-order valence-electron chi connectivity index (χ0n) is 13.1. The summed E-state index contributed by atoms with van der Waals surface area (Å²) >= 11 is 0. The van der Waals surface area contributed by atoms with E-state index in [9.17, 15) is 4.79 Å². The van der Waals surface area contributed by atoms with Gasteiger partial charge in [-0.15, -0.1) is 0 Å². The maximum absolute atomic E-state index is 11.8. The number of nitrogens with one attached hydrogen (secondary N) is 1. The molecule has 1 atom stereocenters. The van der Waals surface area contributed by atoms with Crippen LogP contribution in [0, 0.1) is 0 Å². The second kappa shape index (κ2) is 11.2. The molecule has 0 aliphatic carbocycles. The highest BCUT2D eigenvalue weighted by Crippen LogP contribution is 2.12.